The molecule has 4 nitrogen and oxygen atoms in total. The fourth-order valence-electron chi connectivity index (χ4n) is 3.54. The molecule has 1 heterocycles. The summed E-state index contributed by atoms with van der Waals surface area (Å²) in [5.41, 5.74) is 5.74. The molecule has 0 bridgehead atoms. The molecule has 0 aromatic heterocycles. The van der Waals surface area contributed by atoms with Crippen LogP contribution in [0.15, 0.2) is 0 Å². The number of hydrogen-bond donors (Lipinski definition) is 2. The molecular weight excluding hydrogens is 228 g/mol. The number of likely N-dealkylation sites (tertiary alicyclic amines) is 1. The molecule has 4 atom stereocenters. The fraction of sp³-hybridized carbons (Fsp3) is 0.929. The molecule has 3 N–H and O–H groups in total. The lowest BCUT2D eigenvalue weighted by Crippen LogP contribution is -2.39. The van der Waals surface area contributed by atoms with Crippen LogP contribution in [0.4, 0.5) is 0 Å². The Balaban J connectivity index is 1.94. The first-order valence-electron chi connectivity index (χ1n) is 7.19. The predicted molar refractivity (Wildman–Crippen MR) is 70.8 cm³/mol. The second-order valence-corrected chi connectivity index (χ2v) is 6.37. The van der Waals surface area contributed by atoms with Crippen LogP contribution >= 0.6 is 0 Å². The lowest BCUT2D eigenvalue weighted by Gasteiger charge is -2.24. The third-order valence-electron chi connectivity index (χ3n) is 4.52. The van der Waals surface area contributed by atoms with Crippen molar-refractivity contribution in [3.63, 3.8) is 0 Å². The number of aliphatic hydroxyl groups excluding tert-OH is 1. The molecule has 2 fully saturated rings. The van der Waals surface area contributed by atoms with Crippen LogP contribution in [0, 0.1) is 23.7 Å². The molecule has 1 aliphatic heterocycles. The summed E-state index contributed by atoms with van der Waals surface area (Å²) in [6.07, 6.45) is 2.63. The van der Waals surface area contributed by atoms with Crippen LogP contribution in [0.25, 0.3) is 0 Å². The van der Waals surface area contributed by atoms with Crippen molar-refractivity contribution in [2.24, 2.45) is 29.4 Å². The van der Waals surface area contributed by atoms with Crippen molar-refractivity contribution in [1.82, 2.24) is 4.90 Å². The Labute approximate surface area is 110 Å². The Morgan fingerprint density at radius 1 is 1.39 bits per heavy atom. The highest BCUT2D eigenvalue weighted by Crippen LogP contribution is 2.38. The molecule has 0 aromatic carbocycles. The second-order valence-electron chi connectivity index (χ2n) is 6.37. The molecular formula is C14H26N2O2. The fourth-order valence-corrected chi connectivity index (χ4v) is 3.54. The summed E-state index contributed by atoms with van der Waals surface area (Å²) in [5.74, 6) is 1.48. The van der Waals surface area contributed by atoms with Gasteiger partial charge in [-0.25, -0.2) is 0 Å². The number of amides is 1. The standard InChI is InChI=1S/C14H26N2O2/c1-9(2)5-11(6-15)14(18)16-7-10-3-4-13(17)12(10)8-16/h9-13,17H,3-8,15H2,1-2H3. The van der Waals surface area contributed by atoms with Gasteiger partial charge >= 0.3 is 0 Å². The highest BCUT2D eigenvalue weighted by atomic mass is 16.3. The molecule has 2 aliphatic rings. The van der Waals surface area contributed by atoms with Crippen LogP contribution < -0.4 is 5.73 Å². The quantitative estimate of drug-likeness (QED) is 0.781. The zero-order valence-corrected chi connectivity index (χ0v) is 11.5. The highest BCUT2D eigenvalue weighted by molar-refractivity contribution is 5.79. The first-order chi connectivity index (χ1) is 8.52. The number of rotatable bonds is 4. The van der Waals surface area contributed by atoms with Gasteiger partial charge in [0.15, 0.2) is 0 Å². The van der Waals surface area contributed by atoms with Crippen LogP contribution in [-0.4, -0.2) is 41.7 Å². The van der Waals surface area contributed by atoms with Gasteiger partial charge in [-0.3, -0.25) is 4.79 Å². The van der Waals surface area contributed by atoms with E-state index in [-0.39, 0.29) is 17.9 Å². The Hall–Kier alpha value is -0.610. The third kappa shape index (κ3) is 2.69. The summed E-state index contributed by atoms with van der Waals surface area (Å²) in [5, 5.41) is 9.88. The largest absolute Gasteiger partial charge is 0.393 e. The van der Waals surface area contributed by atoms with E-state index < -0.39 is 0 Å². The topological polar surface area (TPSA) is 66.6 Å². The van der Waals surface area contributed by atoms with Gasteiger partial charge < -0.3 is 15.7 Å². The zero-order chi connectivity index (χ0) is 13.3. The monoisotopic (exact) mass is 254 g/mol. The van der Waals surface area contributed by atoms with E-state index in [0.29, 0.717) is 24.3 Å². The van der Waals surface area contributed by atoms with Crippen LogP contribution in [0.5, 0.6) is 0 Å². The van der Waals surface area contributed by atoms with Gasteiger partial charge in [-0.05, 0) is 31.1 Å². The molecule has 18 heavy (non-hydrogen) atoms. The van der Waals surface area contributed by atoms with Crippen molar-refractivity contribution in [3.8, 4) is 0 Å². The van der Waals surface area contributed by atoms with Crippen molar-refractivity contribution in [3.05, 3.63) is 0 Å². The van der Waals surface area contributed by atoms with Gasteiger partial charge in [-0.15, -0.1) is 0 Å². The van der Waals surface area contributed by atoms with Crippen molar-refractivity contribution in [2.45, 2.75) is 39.2 Å². The summed E-state index contributed by atoms with van der Waals surface area (Å²) in [7, 11) is 0. The van der Waals surface area contributed by atoms with Crippen LogP contribution in [0.2, 0.25) is 0 Å². The van der Waals surface area contributed by atoms with E-state index in [1.165, 1.54) is 0 Å². The van der Waals surface area contributed by atoms with Crippen molar-refractivity contribution >= 4 is 5.91 Å². The minimum atomic E-state index is -0.200. The van der Waals surface area contributed by atoms with Gasteiger partial charge in [-0.2, -0.15) is 0 Å². The number of carbonyl (C=O) groups is 1. The number of aliphatic hydroxyl groups is 1. The highest BCUT2D eigenvalue weighted by Gasteiger charge is 2.44. The number of hydrogen-bond acceptors (Lipinski definition) is 3. The number of carbonyl (C=O) groups excluding carboxylic acids is 1. The predicted octanol–water partition coefficient (Wildman–Crippen LogP) is 0.837. The maximum Gasteiger partial charge on any atom is 0.226 e. The summed E-state index contributed by atoms with van der Waals surface area (Å²) >= 11 is 0. The van der Waals surface area contributed by atoms with Crippen molar-refractivity contribution in [2.75, 3.05) is 19.6 Å². The summed E-state index contributed by atoms with van der Waals surface area (Å²) in [6.45, 7) is 6.25. The average molecular weight is 254 g/mol. The Morgan fingerprint density at radius 2 is 2.11 bits per heavy atom. The van der Waals surface area contributed by atoms with E-state index in [4.69, 9.17) is 5.73 Å². The Morgan fingerprint density at radius 3 is 2.67 bits per heavy atom. The SMILES string of the molecule is CC(C)CC(CN)C(=O)N1CC2CCC(O)C2C1. The number of nitrogens with zero attached hydrogens (tertiary/aromatic N) is 1. The minimum Gasteiger partial charge on any atom is -0.393 e. The summed E-state index contributed by atoms with van der Waals surface area (Å²) in [6, 6.07) is 0. The molecule has 0 radical (unpaired) electrons. The van der Waals surface area contributed by atoms with E-state index in [1.807, 2.05) is 4.90 Å². The maximum atomic E-state index is 12.4. The first-order valence-corrected chi connectivity index (χ1v) is 7.19. The minimum absolute atomic E-state index is 0.0408. The molecule has 1 saturated carbocycles. The van der Waals surface area contributed by atoms with E-state index >= 15 is 0 Å². The first kappa shape index (κ1) is 13.8. The second kappa shape index (κ2) is 5.57. The molecule has 1 aliphatic carbocycles. The van der Waals surface area contributed by atoms with Gasteiger partial charge in [0.2, 0.25) is 5.91 Å². The van der Waals surface area contributed by atoms with E-state index in [9.17, 15) is 9.90 Å². The smallest absolute Gasteiger partial charge is 0.226 e. The summed E-state index contributed by atoms with van der Waals surface area (Å²) in [4.78, 5) is 14.4. The van der Waals surface area contributed by atoms with E-state index in [2.05, 4.69) is 13.8 Å². The molecule has 0 spiro atoms. The lowest BCUT2D eigenvalue weighted by molar-refractivity contribution is -0.135. The van der Waals surface area contributed by atoms with Crippen molar-refractivity contribution < 1.29 is 9.90 Å². The van der Waals surface area contributed by atoms with Gasteiger partial charge in [-0.1, -0.05) is 13.8 Å². The molecule has 0 aromatic rings. The summed E-state index contributed by atoms with van der Waals surface area (Å²) < 4.78 is 0. The number of nitrogens with two attached hydrogens (primary N) is 1. The van der Waals surface area contributed by atoms with Crippen LogP contribution in [-0.2, 0) is 4.79 Å². The molecule has 2 rings (SSSR count). The molecule has 4 heteroatoms. The molecule has 104 valence electrons. The van der Waals surface area contributed by atoms with Crippen molar-refractivity contribution in [1.29, 1.82) is 0 Å². The maximum absolute atomic E-state index is 12.4. The van der Waals surface area contributed by atoms with Crippen LogP contribution in [0.1, 0.15) is 33.1 Å². The molecule has 1 saturated heterocycles. The Kier molecular flexibility index (Phi) is 4.28. The van der Waals surface area contributed by atoms with E-state index in [0.717, 1.165) is 32.4 Å². The molecule has 4 unspecified atom stereocenters. The van der Waals surface area contributed by atoms with Gasteiger partial charge in [0.25, 0.3) is 0 Å². The average Bonchev–Trinajstić information content (AvgIpc) is 2.88. The Bertz CT molecular complexity index is 306. The van der Waals surface area contributed by atoms with Gasteiger partial charge in [0.1, 0.15) is 0 Å². The lowest BCUT2D eigenvalue weighted by atomic mass is 9.96. The molecule has 1 amide bonds. The van der Waals surface area contributed by atoms with Gasteiger partial charge in [0.05, 0.1) is 12.0 Å². The van der Waals surface area contributed by atoms with Crippen LogP contribution in [0.3, 0.4) is 0 Å². The van der Waals surface area contributed by atoms with Gasteiger partial charge in [0, 0.05) is 25.6 Å². The third-order valence-corrected chi connectivity index (χ3v) is 4.52. The van der Waals surface area contributed by atoms with E-state index in [1.54, 1.807) is 0 Å². The number of fused-ring (bicyclic) bond motifs is 1. The normalized spacial score (nSPS) is 32.9. The zero-order valence-electron chi connectivity index (χ0n) is 11.5.